The van der Waals surface area contributed by atoms with Crippen molar-refractivity contribution in [3.63, 3.8) is 0 Å². The molecule has 0 N–H and O–H groups in total. The lowest BCUT2D eigenvalue weighted by Crippen LogP contribution is -2.02. The van der Waals surface area contributed by atoms with Crippen molar-refractivity contribution < 1.29 is 0 Å². The molecule has 0 bridgehead atoms. The van der Waals surface area contributed by atoms with Crippen LogP contribution >= 0.6 is 0 Å². The van der Waals surface area contributed by atoms with Crippen LogP contribution in [0.4, 0.5) is 0 Å². The third-order valence-corrected chi connectivity index (χ3v) is 3.98. The van der Waals surface area contributed by atoms with E-state index in [0.29, 0.717) is 6.54 Å². The van der Waals surface area contributed by atoms with Gasteiger partial charge in [-0.05, 0) is 19.1 Å². The van der Waals surface area contributed by atoms with Gasteiger partial charge in [-0.15, -0.1) is 5.10 Å². The molecule has 4 rings (SSSR count). The summed E-state index contributed by atoms with van der Waals surface area (Å²) in [5, 5.41) is 14.2. The average molecular weight is 307 g/mol. The van der Waals surface area contributed by atoms with Crippen LogP contribution in [-0.2, 0) is 20.6 Å². The molecule has 23 heavy (non-hydrogen) atoms. The monoisotopic (exact) mass is 307 g/mol. The van der Waals surface area contributed by atoms with Gasteiger partial charge in [0.1, 0.15) is 5.69 Å². The third-order valence-electron chi connectivity index (χ3n) is 3.98. The molecule has 0 radical (unpaired) electrons. The Bertz CT molecular complexity index is 989. The average Bonchev–Trinajstić information content (AvgIpc) is 3.20. The predicted molar refractivity (Wildman–Crippen MR) is 86.8 cm³/mol. The zero-order chi connectivity index (χ0) is 16.0. The maximum absolute atomic E-state index is 4.62. The Morgan fingerprint density at radius 1 is 1.17 bits per heavy atom. The second kappa shape index (κ2) is 5.05. The fourth-order valence-corrected chi connectivity index (χ4v) is 2.81. The quantitative estimate of drug-likeness (QED) is 0.580. The highest BCUT2D eigenvalue weighted by Crippen LogP contribution is 2.20. The van der Waals surface area contributed by atoms with Gasteiger partial charge in [0.15, 0.2) is 5.82 Å². The molecule has 0 fully saturated rings. The highest BCUT2D eigenvalue weighted by molar-refractivity contribution is 5.82. The normalized spacial score (nSPS) is 11.4. The second-order valence-corrected chi connectivity index (χ2v) is 5.75. The standard InChI is InChI=1S/C16H17N7/c1-11-4-5-15-12(8-11)13(19-22(15)3)9-23-10-14(18-20-23)16-17-6-7-21(16)2/h4-8,10H,9H2,1-3H3. The maximum Gasteiger partial charge on any atom is 0.161 e. The van der Waals surface area contributed by atoms with Gasteiger partial charge in [-0.1, -0.05) is 16.8 Å². The highest BCUT2D eigenvalue weighted by Gasteiger charge is 2.12. The molecular formula is C16H17N7. The molecule has 0 unspecified atom stereocenters. The molecular weight excluding hydrogens is 290 g/mol. The first-order valence-electron chi connectivity index (χ1n) is 7.42. The molecule has 0 aliphatic rings. The molecule has 7 heteroatoms. The number of aryl methyl sites for hydroxylation is 3. The fraction of sp³-hybridized carbons (Fsp3) is 0.250. The SMILES string of the molecule is Cc1ccc2c(c1)c(Cn1cc(-c3nccn3C)nn1)nn2C. The van der Waals surface area contributed by atoms with E-state index < -0.39 is 0 Å². The van der Waals surface area contributed by atoms with Gasteiger partial charge >= 0.3 is 0 Å². The summed E-state index contributed by atoms with van der Waals surface area (Å²) in [7, 11) is 3.90. The molecule has 0 saturated carbocycles. The van der Waals surface area contributed by atoms with Crippen LogP contribution in [0.15, 0.2) is 36.8 Å². The van der Waals surface area contributed by atoms with Gasteiger partial charge in [0.2, 0.25) is 0 Å². The molecule has 3 heterocycles. The largest absolute Gasteiger partial charge is 0.333 e. The fourth-order valence-electron chi connectivity index (χ4n) is 2.81. The van der Waals surface area contributed by atoms with Gasteiger partial charge < -0.3 is 4.57 Å². The molecule has 4 aromatic rings. The van der Waals surface area contributed by atoms with Crippen LogP contribution < -0.4 is 0 Å². The summed E-state index contributed by atoms with van der Waals surface area (Å²) in [4.78, 5) is 4.30. The van der Waals surface area contributed by atoms with E-state index in [-0.39, 0.29) is 0 Å². The van der Waals surface area contributed by atoms with Gasteiger partial charge in [-0.3, -0.25) is 4.68 Å². The Morgan fingerprint density at radius 3 is 2.83 bits per heavy atom. The van der Waals surface area contributed by atoms with Gasteiger partial charge in [0.05, 0.1) is 24.0 Å². The lowest BCUT2D eigenvalue weighted by atomic mass is 10.1. The molecule has 7 nitrogen and oxygen atoms in total. The number of aromatic nitrogens is 7. The molecule has 0 aliphatic heterocycles. The van der Waals surface area contributed by atoms with Gasteiger partial charge in [0.25, 0.3) is 0 Å². The minimum Gasteiger partial charge on any atom is -0.333 e. The predicted octanol–water partition coefficient (Wildman–Crippen LogP) is 1.92. The smallest absolute Gasteiger partial charge is 0.161 e. The minimum atomic E-state index is 0.582. The number of imidazole rings is 1. The lowest BCUT2D eigenvalue weighted by molar-refractivity contribution is 0.628. The van der Waals surface area contributed by atoms with Crippen molar-refractivity contribution in [1.82, 2.24) is 34.3 Å². The van der Waals surface area contributed by atoms with E-state index in [1.54, 1.807) is 10.9 Å². The molecule has 0 spiro atoms. The number of nitrogens with zero attached hydrogens (tertiary/aromatic N) is 7. The Morgan fingerprint density at radius 2 is 2.04 bits per heavy atom. The summed E-state index contributed by atoms with van der Waals surface area (Å²) in [5.74, 6) is 0.804. The zero-order valence-corrected chi connectivity index (χ0v) is 13.3. The van der Waals surface area contributed by atoms with Crippen molar-refractivity contribution in [2.45, 2.75) is 13.5 Å². The van der Waals surface area contributed by atoms with Crippen LogP contribution in [0.25, 0.3) is 22.4 Å². The zero-order valence-electron chi connectivity index (χ0n) is 13.3. The third kappa shape index (κ3) is 2.30. The Hall–Kier alpha value is -2.96. The molecule has 0 saturated heterocycles. The first-order chi connectivity index (χ1) is 11.1. The van der Waals surface area contributed by atoms with Crippen molar-refractivity contribution in [1.29, 1.82) is 0 Å². The van der Waals surface area contributed by atoms with Crippen LogP contribution in [0.2, 0.25) is 0 Å². The van der Waals surface area contributed by atoms with E-state index >= 15 is 0 Å². The first-order valence-corrected chi connectivity index (χ1v) is 7.42. The van der Waals surface area contributed by atoms with Crippen LogP contribution in [0.3, 0.4) is 0 Å². The number of hydrogen-bond acceptors (Lipinski definition) is 4. The first kappa shape index (κ1) is 13.7. The van der Waals surface area contributed by atoms with E-state index in [0.717, 1.165) is 28.1 Å². The number of rotatable bonds is 3. The van der Waals surface area contributed by atoms with Crippen molar-refractivity contribution in [3.05, 3.63) is 48.0 Å². The Labute approximate surface area is 133 Å². The van der Waals surface area contributed by atoms with E-state index in [9.17, 15) is 0 Å². The summed E-state index contributed by atoms with van der Waals surface area (Å²) in [6, 6.07) is 6.36. The number of hydrogen-bond donors (Lipinski definition) is 0. The molecule has 0 aliphatic carbocycles. The van der Waals surface area contributed by atoms with Crippen LogP contribution in [0, 0.1) is 6.92 Å². The topological polar surface area (TPSA) is 66.3 Å². The van der Waals surface area contributed by atoms with Crippen LogP contribution in [0.5, 0.6) is 0 Å². The highest BCUT2D eigenvalue weighted by atomic mass is 15.4. The summed E-state index contributed by atoms with van der Waals surface area (Å²) in [6.45, 7) is 2.67. The summed E-state index contributed by atoms with van der Waals surface area (Å²) in [6.07, 6.45) is 5.55. The Kier molecular flexibility index (Phi) is 3.00. The van der Waals surface area contributed by atoms with E-state index in [1.165, 1.54) is 5.56 Å². The van der Waals surface area contributed by atoms with Crippen LogP contribution in [-0.4, -0.2) is 34.3 Å². The summed E-state index contributed by atoms with van der Waals surface area (Å²) >= 11 is 0. The molecule has 116 valence electrons. The van der Waals surface area contributed by atoms with Crippen LogP contribution in [0.1, 0.15) is 11.3 Å². The molecule has 0 atom stereocenters. The summed E-state index contributed by atoms with van der Waals surface area (Å²) in [5.41, 5.74) is 4.09. The van der Waals surface area contributed by atoms with Crippen molar-refractivity contribution >= 4 is 10.9 Å². The summed E-state index contributed by atoms with van der Waals surface area (Å²) < 4.78 is 5.63. The minimum absolute atomic E-state index is 0.582. The lowest BCUT2D eigenvalue weighted by Gasteiger charge is -1.98. The molecule has 1 aromatic carbocycles. The van der Waals surface area contributed by atoms with Gasteiger partial charge in [0, 0.05) is 31.9 Å². The van der Waals surface area contributed by atoms with E-state index in [1.807, 2.05) is 35.7 Å². The van der Waals surface area contributed by atoms with Crippen molar-refractivity contribution in [3.8, 4) is 11.5 Å². The number of benzene rings is 1. The van der Waals surface area contributed by atoms with Gasteiger partial charge in [-0.25, -0.2) is 9.67 Å². The van der Waals surface area contributed by atoms with Crippen molar-refractivity contribution in [2.24, 2.45) is 14.1 Å². The Balaban J connectivity index is 1.70. The van der Waals surface area contributed by atoms with Crippen molar-refractivity contribution in [2.75, 3.05) is 0 Å². The van der Waals surface area contributed by atoms with E-state index in [2.05, 4.69) is 45.5 Å². The molecule has 3 aromatic heterocycles. The molecule has 0 amide bonds. The second-order valence-electron chi connectivity index (χ2n) is 5.75. The van der Waals surface area contributed by atoms with Gasteiger partial charge in [-0.2, -0.15) is 5.10 Å². The van der Waals surface area contributed by atoms with E-state index in [4.69, 9.17) is 0 Å². The maximum atomic E-state index is 4.62. The number of fused-ring (bicyclic) bond motifs is 1.